The van der Waals surface area contributed by atoms with Gasteiger partial charge in [-0.05, 0) is 25.3 Å². The third-order valence-corrected chi connectivity index (χ3v) is 4.00. The summed E-state index contributed by atoms with van der Waals surface area (Å²) in [5.74, 6) is 0.320. The third-order valence-electron chi connectivity index (χ3n) is 4.00. The van der Waals surface area contributed by atoms with Crippen molar-refractivity contribution in [2.24, 2.45) is 17.6 Å². The van der Waals surface area contributed by atoms with Gasteiger partial charge in [-0.1, -0.05) is 6.42 Å². The predicted octanol–water partition coefficient (Wildman–Crippen LogP) is -0.292. The molecule has 5 heteroatoms. The molecule has 0 bridgehead atoms. The Morgan fingerprint density at radius 3 is 2.88 bits per heavy atom. The van der Waals surface area contributed by atoms with Crippen LogP contribution in [0.4, 0.5) is 0 Å². The van der Waals surface area contributed by atoms with E-state index in [0.717, 1.165) is 19.3 Å². The molecular weight excluding hydrogens is 218 g/mol. The number of rotatable bonds is 3. The van der Waals surface area contributed by atoms with Crippen molar-refractivity contribution in [3.63, 3.8) is 0 Å². The lowest BCUT2D eigenvalue weighted by atomic mass is 10.0. The Kier molecular flexibility index (Phi) is 3.66. The van der Waals surface area contributed by atoms with Crippen molar-refractivity contribution in [1.82, 2.24) is 10.2 Å². The predicted molar refractivity (Wildman–Crippen MR) is 64.1 cm³/mol. The maximum absolute atomic E-state index is 12.0. The van der Waals surface area contributed by atoms with E-state index in [1.807, 2.05) is 0 Å². The number of hydrogen-bond acceptors (Lipinski definition) is 3. The van der Waals surface area contributed by atoms with Crippen LogP contribution >= 0.6 is 0 Å². The highest BCUT2D eigenvalue weighted by molar-refractivity contribution is 5.89. The van der Waals surface area contributed by atoms with Gasteiger partial charge in [0.05, 0.1) is 5.92 Å². The second kappa shape index (κ2) is 5.04. The summed E-state index contributed by atoms with van der Waals surface area (Å²) in [5, 5.41) is 3.07. The smallest absolute Gasteiger partial charge is 0.225 e. The molecule has 3 atom stereocenters. The van der Waals surface area contributed by atoms with Crippen molar-refractivity contribution in [2.45, 2.75) is 31.7 Å². The minimum absolute atomic E-state index is 0.0213. The Bertz CT molecular complexity index is 319. The van der Waals surface area contributed by atoms with Crippen molar-refractivity contribution in [3.8, 4) is 0 Å². The first-order chi connectivity index (χ1) is 8.11. The highest BCUT2D eigenvalue weighted by atomic mass is 16.2. The molecule has 3 unspecified atom stereocenters. The van der Waals surface area contributed by atoms with Crippen LogP contribution in [0.25, 0.3) is 0 Å². The van der Waals surface area contributed by atoms with Gasteiger partial charge in [0.15, 0.2) is 0 Å². The summed E-state index contributed by atoms with van der Waals surface area (Å²) in [4.78, 5) is 25.0. The van der Waals surface area contributed by atoms with Gasteiger partial charge in [0.25, 0.3) is 0 Å². The van der Waals surface area contributed by atoms with Gasteiger partial charge in [-0.25, -0.2) is 0 Å². The number of nitrogens with one attached hydrogen (secondary N) is 1. The normalized spacial score (nSPS) is 33.2. The quantitative estimate of drug-likeness (QED) is 0.710. The van der Waals surface area contributed by atoms with Gasteiger partial charge in [0, 0.05) is 26.1 Å². The number of carbonyl (C=O) groups is 2. The number of nitrogens with two attached hydrogens (primary N) is 1. The summed E-state index contributed by atoms with van der Waals surface area (Å²) < 4.78 is 0. The molecule has 3 N–H and O–H groups in total. The zero-order chi connectivity index (χ0) is 12.4. The SMILES string of the molecule is CN1CC(C(=O)NC2CCCC2CN)CC1=O. The Morgan fingerprint density at radius 1 is 1.53 bits per heavy atom. The first kappa shape index (κ1) is 12.4. The molecule has 1 aliphatic carbocycles. The largest absolute Gasteiger partial charge is 0.353 e. The maximum Gasteiger partial charge on any atom is 0.225 e. The fourth-order valence-corrected chi connectivity index (χ4v) is 2.85. The third kappa shape index (κ3) is 2.60. The maximum atomic E-state index is 12.0. The van der Waals surface area contributed by atoms with Gasteiger partial charge in [-0.15, -0.1) is 0 Å². The number of nitrogens with zero attached hydrogens (tertiary/aromatic N) is 1. The van der Waals surface area contributed by atoms with E-state index in [-0.39, 0.29) is 23.8 Å². The highest BCUT2D eigenvalue weighted by Gasteiger charge is 2.35. The van der Waals surface area contributed by atoms with Crippen LogP contribution in [0, 0.1) is 11.8 Å². The lowest BCUT2D eigenvalue weighted by Gasteiger charge is -2.21. The van der Waals surface area contributed by atoms with Crippen molar-refractivity contribution >= 4 is 11.8 Å². The molecule has 17 heavy (non-hydrogen) atoms. The van der Waals surface area contributed by atoms with Crippen LogP contribution in [-0.4, -0.2) is 42.9 Å². The minimum Gasteiger partial charge on any atom is -0.353 e. The van der Waals surface area contributed by atoms with Crippen molar-refractivity contribution in [1.29, 1.82) is 0 Å². The van der Waals surface area contributed by atoms with Crippen LogP contribution in [0.2, 0.25) is 0 Å². The fourth-order valence-electron chi connectivity index (χ4n) is 2.85. The van der Waals surface area contributed by atoms with Crippen LogP contribution in [-0.2, 0) is 9.59 Å². The van der Waals surface area contributed by atoms with Crippen molar-refractivity contribution in [2.75, 3.05) is 20.1 Å². The lowest BCUT2D eigenvalue weighted by Crippen LogP contribution is -2.43. The van der Waals surface area contributed by atoms with Gasteiger partial charge < -0.3 is 16.0 Å². The standard InChI is InChI=1S/C12H21N3O2/c1-15-7-9(5-11(15)16)12(17)14-10-4-2-3-8(10)6-13/h8-10H,2-7,13H2,1H3,(H,14,17). The van der Waals surface area contributed by atoms with Crippen LogP contribution in [0.5, 0.6) is 0 Å². The Balaban J connectivity index is 1.87. The van der Waals surface area contributed by atoms with Crippen molar-refractivity contribution in [3.05, 3.63) is 0 Å². The summed E-state index contributed by atoms with van der Waals surface area (Å²) >= 11 is 0. The molecule has 2 fully saturated rings. The molecule has 2 amide bonds. The molecule has 96 valence electrons. The molecule has 5 nitrogen and oxygen atoms in total. The molecule has 0 aromatic rings. The first-order valence-corrected chi connectivity index (χ1v) is 6.36. The molecule has 2 rings (SSSR count). The molecule has 0 radical (unpaired) electrons. The van der Waals surface area contributed by atoms with Gasteiger partial charge in [-0.2, -0.15) is 0 Å². The highest BCUT2D eigenvalue weighted by Crippen LogP contribution is 2.25. The van der Waals surface area contributed by atoms with E-state index in [1.54, 1.807) is 11.9 Å². The molecule has 0 aromatic heterocycles. The summed E-state index contributed by atoms with van der Waals surface area (Å²) in [7, 11) is 1.74. The van der Waals surface area contributed by atoms with E-state index < -0.39 is 0 Å². The van der Waals surface area contributed by atoms with Gasteiger partial charge >= 0.3 is 0 Å². The van der Waals surface area contributed by atoms with E-state index in [9.17, 15) is 9.59 Å². The van der Waals surface area contributed by atoms with Gasteiger partial charge in [0.1, 0.15) is 0 Å². The van der Waals surface area contributed by atoms with E-state index in [1.165, 1.54) is 0 Å². The van der Waals surface area contributed by atoms with Crippen LogP contribution < -0.4 is 11.1 Å². The van der Waals surface area contributed by atoms with Crippen molar-refractivity contribution < 1.29 is 9.59 Å². The Labute approximate surface area is 102 Å². The lowest BCUT2D eigenvalue weighted by molar-refractivity contribution is -0.128. The molecule has 2 aliphatic rings. The Morgan fingerprint density at radius 2 is 2.29 bits per heavy atom. The number of amides is 2. The molecule has 1 saturated carbocycles. The average Bonchev–Trinajstić information content (AvgIpc) is 2.86. The number of likely N-dealkylation sites (tertiary alicyclic amines) is 1. The molecule has 1 aliphatic heterocycles. The second-order valence-electron chi connectivity index (χ2n) is 5.22. The molecular formula is C12H21N3O2. The van der Waals surface area contributed by atoms with Crippen LogP contribution in [0.1, 0.15) is 25.7 Å². The molecule has 1 saturated heterocycles. The number of hydrogen-bond donors (Lipinski definition) is 2. The summed E-state index contributed by atoms with van der Waals surface area (Å²) in [6.07, 6.45) is 3.60. The monoisotopic (exact) mass is 239 g/mol. The van der Waals surface area contributed by atoms with E-state index >= 15 is 0 Å². The van der Waals surface area contributed by atoms with E-state index in [0.29, 0.717) is 25.4 Å². The summed E-state index contributed by atoms with van der Waals surface area (Å²) in [5.41, 5.74) is 5.68. The average molecular weight is 239 g/mol. The van der Waals surface area contributed by atoms with E-state index in [4.69, 9.17) is 5.73 Å². The number of carbonyl (C=O) groups excluding carboxylic acids is 2. The molecule has 0 aromatic carbocycles. The zero-order valence-corrected chi connectivity index (χ0v) is 10.3. The van der Waals surface area contributed by atoms with Gasteiger partial charge in [0.2, 0.25) is 11.8 Å². The molecule has 1 heterocycles. The summed E-state index contributed by atoms with van der Waals surface area (Å²) in [6.45, 7) is 1.18. The first-order valence-electron chi connectivity index (χ1n) is 6.36. The second-order valence-corrected chi connectivity index (χ2v) is 5.22. The van der Waals surface area contributed by atoms with E-state index in [2.05, 4.69) is 5.32 Å². The zero-order valence-electron chi connectivity index (χ0n) is 10.3. The van der Waals surface area contributed by atoms with Gasteiger partial charge in [-0.3, -0.25) is 9.59 Å². The fraction of sp³-hybridized carbons (Fsp3) is 0.833. The Hall–Kier alpha value is -1.10. The molecule has 0 spiro atoms. The minimum atomic E-state index is -0.175. The van der Waals surface area contributed by atoms with Crippen LogP contribution in [0.3, 0.4) is 0 Å². The van der Waals surface area contributed by atoms with Crippen LogP contribution in [0.15, 0.2) is 0 Å². The summed E-state index contributed by atoms with van der Waals surface area (Å²) in [6, 6.07) is 0.216. The topological polar surface area (TPSA) is 75.4 Å².